The molecule has 0 aliphatic rings. The van der Waals surface area contributed by atoms with Crippen LogP contribution < -0.4 is 5.32 Å². The third-order valence-electron chi connectivity index (χ3n) is 2.74. The molecule has 3 rings (SSSR count). The Balaban J connectivity index is 1.63. The van der Waals surface area contributed by atoms with Crippen LogP contribution in [0.1, 0.15) is 11.5 Å². The third kappa shape index (κ3) is 2.67. The summed E-state index contributed by atoms with van der Waals surface area (Å²) in [7, 11) is 0. The zero-order chi connectivity index (χ0) is 13.8. The predicted octanol–water partition coefficient (Wildman–Crippen LogP) is 1.36. The molecule has 0 aromatic carbocycles. The molecule has 7 nitrogen and oxygen atoms in total. The summed E-state index contributed by atoms with van der Waals surface area (Å²) >= 11 is 0. The highest BCUT2D eigenvalue weighted by Gasteiger charge is 2.02. The molecule has 0 fully saturated rings. The first-order chi connectivity index (χ1) is 9.85. The first-order valence-electron chi connectivity index (χ1n) is 6.08. The van der Waals surface area contributed by atoms with E-state index in [1.54, 1.807) is 23.3 Å². The van der Waals surface area contributed by atoms with Gasteiger partial charge in [0.05, 0.1) is 18.4 Å². The lowest BCUT2D eigenvalue weighted by atomic mass is 10.3. The Morgan fingerprint density at radius 2 is 2.10 bits per heavy atom. The average Bonchev–Trinajstić information content (AvgIpc) is 3.17. The van der Waals surface area contributed by atoms with Crippen molar-refractivity contribution >= 4 is 5.69 Å². The molecule has 0 bridgehead atoms. The van der Waals surface area contributed by atoms with Crippen molar-refractivity contribution in [2.45, 2.75) is 13.2 Å². The van der Waals surface area contributed by atoms with Crippen LogP contribution in [0.15, 0.2) is 47.5 Å². The van der Waals surface area contributed by atoms with E-state index < -0.39 is 0 Å². The van der Waals surface area contributed by atoms with Crippen molar-refractivity contribution in [3.8, 4) is 5.82 Å². The van der Waals surface area contributed by atoms with Crippen molar-refractivity contribution in [2.24, 2.45) is 0 Å². The van der Waals surface area contributed by atoms with E-state index in [4.69, 9.17) is 9.52 Å². The van der Waals surface area contributed by atoms with Crippen molar-refractivity contribution in [3.63, 3.8) is 0 Å². The number of aromatic nitrogens is 4. The molecule has 0 radical (unpaired) electrons. The fraction of sp³-hybridized carbons (Fsp3) is 0.154. The minimum atomic E-state index is -0.0891. The van der Waals surface area contributed by atoms with Crippen LogP contribution in [-0.2, 0) is 13.2 Å². The number of hydrogen-bond acceptors (Lipinski definition) is 6. The Morgan fingerprint density at radius 3 is 2.75 bits per heavy atom. The number of anilines is 1. The molecule has 0 amide bonds. The van der Waals surface area contributed by atoms with Gasteiger partial charge >= 0.3 is 0 Å². The van der Waals surface area contributed by atoms with E-state index in [1.165, 1.54) is 6.33 Å². The first kappa shape index (κ1) is 12.4. The Bertz CT molecular complexity index is 660. The lowest BCUT2D eigenvalue weighted by Gasteiger charge is -2.05. The molecular weight excluding hydrogens is 258 g/mol. The maximum atomic E-state index is 8.92. The van der Waals surface area contributed by atoms with E-state index in [0.29, 0.717) is 18.1 Å². The monoisotopic (exact) mass is 271 g/mol. The number of nitrogens with one attached hydrogen (secondary N) is 1. The van der Waals surface area contributed by atoms with Crippen molar-refractivity contribution in [2.75, 3.05) is 5.32 Å². The van der Waals surface area contributed by atoms with E-state index in [-0.39, 0.29) is 6.61 Å². The van der Waals surface area contributed by atoms with Crippen LogP contribution in [0.2, 0.25) is 0 Å². The van der Waals surface area contributed by atoms with E-state index in [1.807, 2.05) is 18.2 Å². The number of aliphatic hydroxyl groups is 1. The van der Waals surface area contributed by atoms with Gasteiger partial charge < -0.3 is 14.8 Å². The number of pyridine rings is 1. The SMILES string of the molecule is OCc1ccc(CNc2ccc(-n3cncn3)nc2)o1. The Hall–Kier alpha value is -2.67. The molecule has 2 N–H and O–H groups in total. The second-order valence-corrected chi connectivity index (χ2v) is 4.12. The average molecular weight is 271 g/mol. The molecule has 0 atom stereocenters. The lowest BCUT2D eigenvalue weighted by Crippen LogP contribution is -2.01. The maximum absolute atomic E-state index is 8.92. The van der Waals surface area contributed by atoms with Gasteiger partial charge in [-0.15, -0.1) is 0 Å². The Kier molecular flexibility index (Phi) is 3.42. The molecule has 3 heterocycles. The second kappa shape index (κ2) is 5.54. The second-order valence-electron chi connectivity index (χ2n) is 4.12. The highest BCUT2D eigenvalue weighted by Crippen LogP contribution is 2.12. The smallest absolute Gasteiger partial charge is 0.155 e. The van der Waals surface area contributed by atoms with Crippen LogP contribution >= 0.6 is 0 Å². The van der Waals surface area contributed by atoms with Gasteiger partial charge in [0.15, 0.2) is 5.82 Å². The molecule has 102 valence electrons. The molecular formula is C13H13N5O2. The minimum Gasteiger partial charge on any atom is -0.462 e. The number of rotatable bonds is 5. The lowest BCUT2D eigenvalue weighted by molar-refractivity contribution is 0.244. The Morgan fingerprint density at radius 1 is 1.20 bits per heavy atom. The molecule has 0 spiro atoms. The number of hydrogen-bond donors (Lipinski definition) is 2. The molecule has 3 aromatic heterocycles. The zero-order valence-corrected chi connectivity index (χ0v) is 10.6. The van der Waals surface area contributed by atoms with Crippen LogP contribution in [0.4, 0.5) is 5.69 Å². The van der Waals surface area contributed by atoms with Gasteiger partial charge in [-0.05, 0) is 24.3 Å². The van der Waals surface area contributed by atoms with Crippen molar-refractivity contribution in [3.05, 3.63) is 54.6 Å². The molecule has 20 heavy (non-hydrogen) atoms. The molecule has 0 aliphatic carbocycles. The number of furan rings is 1. The van der Waals surface area contributed by atoms with Gasteiger partial charge in [0.2, 0.25) is 0 Å². The Labute approximate surface area is 114 Å². The minimum absolute atomic E-state index is 0.0891. The zero-order valence-electron chi connectivity index (χ0n) is 10.6. The molecule has 3 aromatic rings. The van der Waals surface area contributed by atoms with Crippen LogP contribution in [0.3, 0.4) is 0 Å². The van der Waals surface area contributed by atoms with Crippen molar-refractivity contribution < 1.29 is 9.52 Å². The van der Waals surface area contributed by atoms with Crippen molar-refractivity contribution in [1.29, 1.82) is 0 Å². The summed E-state index contributed by atoms with van der Waals surface area (Å²) in [6.07, 6.45) is 4.77. The van der Waals surface area contributed by atoms with Crippen LogP contribution in [0.25, 0.3) is 5.82 Å². The highest BCUT2D eigenvalue weighted by molar-refractivity contribution is 5.43. The van der Waals surface area contributed by atoms with Gasteiger partial charge in [-0.2, -0.15) is 5.10 Å². The van der Waals surface area contributed by atoms with Gasteiger partial charge in [0, 0.05) is 0 Å². The summed E-state index contributed by atoms with van der Waals surface area (Å²) in [5.41, 5.74) is 0.871. The summed E-state index contributed by atoms with van der Waals surface area (Å²) in [5, 5.41) is 16.1. The van der Waals surface area contributed by atoms with Crippen LogP contribution in [0.5, 0.6) is 0 Å². The van der Waals surface area contributed by atoms with Crippen LogP contribution in [0, 0.1) is 0 Å². The number of nitrogens with zero attached hydrogens (tertiary/aromatic N) is 4. The number of aliphatic hydroxyl groups excluding tert-OH is 1. The fourth-order valence-corrected chi connectivity index (χ4v) is 1.74. The van der Waals surface area contributed by atoms with Gasteiger partial charge in [-0.25, -0.2) is 14.6 Å². The fourth-order valence-electron chi connectivity index (χ4n) is 1.74. The van der Waals surface area contributed by atoms with Gasteiger partial charge in [0.25, 0.3) is 0 Å². The third-order valence-corrected chi connectivity index (χ3v) is 2.74. The largest absolute Gasteiger partial charge is 0.462 e. The summed E-state index contributed by atoms with van der Waals surface area (Å²) in [6, 6.07) is 7.33. The normalized spacial score (nSPS) is 10.7. The van der Waals surface area contributed by atoms with E-state index in [0.717, 1.165) is 11.4 Å². The summed E-state index contributed by atoms with van der Waals surface area (Å²) in [6.45, 7) is 0.443. The van der Waals surface area contributed by atoms with E-state index >= 15 is 0 Å². The highest BCUT2D eigenvalue weighted by atomic mass is 16.4. The van der Waals surface area contributed by atoms with E-state index in [9.17, 15) is 0 Å². The van der Waals surface area contributed by atoms with Gasteiger partial charge in [0.1, 0.15) is 30.8 Å². The standard InChI is InChI=1S/C13H13N5O2/c19-7-12-3-2-11(20-12)6-15-10-1-4-13(16-5-10)18-9-14-8-17-18/h1-5,8-9,15,19H,6-7H2. The first-order valence-corrected chi connectivity index (χ1v) is 6.08. The van der Waals surface area contributed by atoms with Gasteiger partial charge in [-0.1, -0.05) is 0 Å². The predicted molar refractivity (Wildman–Crippen MR) is 71.1 cm³/mol. The maximum Gasteiger partial charge on any atom is 0.155 e. The summed E-state index contributed by atoms with van der Waals surface area (Å²) in [5.74, 6) is 2.02. The van der Waals surface area contributed by atoms with Crippen molar-refractivity contribution in [1.82, 2.24) is 19.7 Å². The molecule has 0 saturated heterocycles. The molecule has 0 unspecified atom stereocenters. The van der Waals surface area contributed by atoms with E-state index in [2.05, 4.69) is 20.4 Å². The summed E-state index contributed by atoms with van der Waals surface area (Å²) < 4.78 is 6.97. The quantitative estimate of drug-likeness (QED) is 0.728. The van der Waals surface area contributed by atoms with Gasteiger partial charge in [-0.3, -0.25) is 0 Å². The topological polar surface area (TPSA) is 89.0 Å². The van der Waals surface area contributed by atoms with Crippen LogP contribution in [-0.4, -0.2) is 24.9 Å². The molecule has 0 saturated carbocycles. The summed E-state index contributed by atoms with van der Waals surface area (Å²) in [4.78, 5) is 8.15. The molecule has 7 heteroatoms. The molecule has 0 aliphatic heterocycles.